The molecule has 0 saturated heterocycles. The molecule has 0 aliphatic heterocycles. The van der Waals surface area contributed by atoms with Crippen molar-refractivity contribution in [3.63, 3.8) is 0 Å². The lowest BCUT2D eigenvalue weighted by Gasteiger charge is -2.13. The van der Waals surface area contributed by atoms with Gasteiger partial charge in [-0.2, -0.15) is 0 Å². The Labute approximate surface area is 125 Å². The molecule has 0 radical (unpaired) electrons. The summed E-state index contributed by atoms with van der Waals surface area (Å²) in [4.78, 5) is 1.36. The summed E-state index contributed by atoms with van der Waals surface area (Å²) >= 11 is 1.78. The summed E-state index contributed by atoms with van der Waals surface area (Å²) in [6.07, 6.45) is 4.09. The highest BCUT2D eigenvalue weighted by Gasteiger charge is 2.05. The smallest absolute Gasteiger partial charge is 0.126 e. The average molecular weight is 287 g/mol. The van der Waals surface area contributed by atoms with Crippen molar-refractivity contribution in [3.05, 3.63) is 58.3 Å². The summed E-state index contributed by atoms with van der Waals surface area (Å²) in [5.74, 6) is 0.941. The zero-order valence-corrected chi connectivity index (χ0v) is 12.8. The maximum atomic E-state index is 5.85. The molecule has 3 heteroatoms. The molecule has 2 rings (SSSR count). The van der Waals surface area contributed by atoms with E-state index in [-0.39, 0.29) is 0 Å². The zero-order chi connectivity index (χ0) is 14.2. The maximum absolute atomic E-state index is 5.85. The van der Waals surface area contributed by atoms with Crippen molar-refractivity contribution in [1.82, 2.24) is 5.32 Å². The SMILES string of the molecule is CC=Cc1ccccc1OCCNC(C)c1cccs1. The highest BCUT2D eigenvalue weighted by Crippen LogP contribution is 2.20. The van der Waals surface area contributed by atoms with Crippen LogP contribution >= 0.6 is 11.3 Å². The van der Waals surface area contributed by atoms with Crippen molar-refractivity contribution in [1.29, 1.82) is 0 Å². The molecule has 1 N–H and O–H groups in total. The first-order valence-electron chi connectivity index (χ1n) is 6.92. The second-order valence-electron chi connectivity index (χ2n) is 4.58. The van der Waals surface area contributed by atoms with Crippen LogP contribution < -0.4 is 10.1 Å². The number of ether oxygens (including phenoxy) is 1. The summed E-state index contributed by atoms with van der Waals surface area (Å²) in [7, 11) is 0. The van der Waals surface area contributed by atoms with Gasteiger partial charge in [0.2, 0.25) is 0 Å². The van der Waals surface area contributed by atoms with Crippen LogP contribution in [0.25, 0.3) is 6.08 Å². The van der Waals surface area contributed by atoms with Crippen LogP contribution in [0.5, 0.6) is 5.75 Å². The Morgan fingerprint density at radius 1 is 1.25 bits per heavy atom. The highest BCUT2D eigenvalue weighted by molar-refractivity contribution is 7.10. The number of hydrogen-bond donors (Lipinski definition) is 1. The minimum Gasteiger partial charge on any atom is -0.492 e. The Bertz CT molecular complexity index is 534. The van der Waals surface area contributed by atoms with Crippen LogP contribution in [0.15, 0.2) is 47.9 Å². The predicted octanol–water partition coefficient (Wildman–Crippen LogP) is 4.51. The summed E-state index contributed by atoms with van der Waals surface area (Å²) < 4.78 is 5.85. The third-order valence-electron chi connectivity index (χ3n) is 3.05. The zero-order valence-electron chi connectivity index (χ0n) is 12.0. The molecule has 1 heterocycles. The lowest BCUT2D eigenvalue weighted by Crippen LogP contribution is -2.23. The normalized spacial score (nSPS) is 12.7. The van der Waals surface area contributed by atoms with E-state index in [9.17, 15) is 0 Å². The van der Waals surface area contributed by atoms with E-state index in [1.165, 1.54) is 4.88 Å². The summed E-state index contributed by atoms with van der Waals surface area (Å²) in [5.41, 5.74) is 1.13. The van der Waals surface area contributed by atoms with Crippen molar-refractivity contribution in [2.45, 2.75) is 19.9 Å². The quantitative estimate of drug-likeness (QED) is 0.756. The van der Waals surface area contributed by atoms with E-state index in [0.717, 1.165) is 17.9 Å². The highest BCUT2D eigenvalue weighted by atomic mass is 32.1. The van der Waals surface area contributed by atoms with Gasteiger partial charge in [-0.15, -0.1) is 11.3 Å². The van der Waals surface area contributed by atoms with Crippen LogP contribution in [-0.2, 0) is 0 Å². The average Bonchev–Trinajstić information content (AvgIpc) is 2.99. The number of allylic oxidation sites excluding steroid dienone is 1. The van der Waals surface area contributed by atoms with Gasteiger partial charge in [-0.25, -0.2) is 0 Å². The lowest BCUT2D eigenvalue weighted by molar-refractivity contribution is 0.307. The van der Waals surface area contributed by atoms with E-state index in [0.29, 0.717) is 12.6 Å². The Morgan fingerprint density at radius 2 is 2.10 bits per heavy atom. The Kier molecular flexibility index (Phi) is 5.84. The summed E-state index contributed by atoms with van der Waals surface area (Å²) in [6.45, 7) is 5.70. The van der Waals surface area contributed by atoms with E-state index < -0.39 is 0 Å². The van der Waals surface area contributed by atoms with Crippen LogP contribution in [0.1, 0.15) is 30.3 Å². The molecule has 1 unspecified atom stereocenters. The van der Waals surface area contributed by atoms with Crippen LogP contribution in [0.4, 0.5) is 0 Å². The first-order valence-corrected chi connectivity index (χ1v) is 7.80. The molecule has 0 fully saturated rings. The van der Waals surface area contributed by atoms with E-state index in [2.05, 4.69) is 41.9 Å². The topological polar surface area (TPSA) is 21.3 Å². The predicted molar refractivity (Wildman–Crippen MR) is 87.4 cm³/mol. The molecule has 20 heavy (non-hydrogen) atoms. The minimum absolute atomic E-state index is 0.379. The summed E-state index contributed by atoms with van der Waals surface area (Å²) in [6, 6.07) is 12.7. The van der Waals surface area contributed by atoms with Crippen molar-refractivity contribution in [2.24, 2.45) is 0 Å². The number of rotatable bonds is 7. The Balaban J connectivity index is 1.79. The van der Waals surface area contributed by atoms with Crippen molar-refractivity contribution < 1.29 is 4.74 Å². The van der Waals surface area contributed by atoms with Gasteiger partial charge in [0.15, 0.2) is 0 Å². The molecular weight excluding hydrogens is 266 g/mol. The first-order chi connectivity index (χ1) is 9.81. The van der Waals surface area contributed by atoms with Crippen molar-refractivity contribution >= 4 is 17.4 Å². The van der Waals surface area contributed by atoms with Gasteiger partial charge in [-0.05, 0) is 31.4 Å². The number of hydrogen-bond acceptors (Lipinski definition) is 3. The molecule has 0 bridgehead atoms. The fourth-order valence-corrected chi connectivity index (χ4v) is 2.76. The Hall–Kier alpha value is -1.58. The minimum atomic E-state index is 0.379. The van der Waals surface area contributed by atoms with Crippen molar-refractivity contribution in [2.75, 3.05) is 13.2 Å². The molecule has 0 saturated carbocycles. The molecule has 2 nitrogen and oxygen atoms in total. The second-order valence-corrected chi connectivity index (χ2v) is 5.56. The fraction of sp³-hybridized carbons (Fsp3) is 0.294. The number of thiophene rings is 1. The largest absolute Gasteiger partial charge is 0.492 e. The van der Waals surface area contributed by atoms with Gasteiger partial charge in [0, 0.05) is 23.0 Å². The molecule has 1 aromatic heterocycles. The van der Waals surface area contributed by atoms with Gasteiger partial charge in [-0.1, -0.05) is 36.4 Å². The van der Waals surface area contributed by atoms with Gasteiger partial charge in [0.25, 0.3) is 0 Å². The van der Waals surface area contributed by atoms with E-state index in [1.54, 1.807) is 11.3 Å². The van der Waals surface area contributed by atoms with Crippen LogP contribution in [0.2, 0.25) is 0 Å². The molecular formula is C17H21NOS. The Morgan fingerprint density at radius 3 is 2.85 bits per heavy atom. The third kappa shape index (κ3) is 4.22. The second kappa shape index (κ2) is 7.88. The van der Waals surface area contributed by atoms with E-state index in [4.69, 9.17) is 4.74 Å². The van der Waals surface area contributed by atoms with Gasteiger partial charge in [0.05, 0.1) is 0 Å². The molecule has 106 valence electrons. The molecule has 0 aliphatic rings. The maximum Gasteiger partial charge on any atom is 0.126 e. The molecule has 1 atom stereocenters. The standard InChI is InChI=1S/C17H21NOS/c1-3-7-15-8-4-5-9-16(15)19-12-11-18-14(2)17-10-6-13-20-17/h3-10,13-14,18H,11-12H2,1-2H3. The van der Waals surface area contributed by atoms with Gasteiger partial charge in [0.1, 0.15) is 12.4 Å². The molecule has 2 aromatic rings. The molecule has 0 amide bonds. The van der Waals surface area contributed by atoms with E-state index >= 15 is 0 Å². The molecule has 0 spiro atoms. The molecule has 1 aromatic carbocycles. The van der Waals surface area contributed by atoms with Crippen molar-refractivity contribution in [3.8, 4) is 5.75 Å². The third-order valence-corrected chi connectivity index (χ3v) is 4.10. The number of nitrogens with one attached hydrogen (secondary N) is 1. The molecule has 0 aliphatic carbocycles. The first kappa shape index (κ1) is 14.8. The van der Waals surface area contributed by atoms with Gasteiger partial charge in [-0.3, -0.25) is 0 Å². The van der Waals surface area contributed by atoms with E-state index in [1.807, 2.05) is 31.2 Å². The monoisotopic (exact) mass is 287 g/mol. The van der Waals surface area contributed by atoms with Crippen LogP contribution in [-0.4, -0.2) is 13.2 Å². The summed E-state index contributed by atoms with van der Waals surface area (Å²) in [5, 5.41) is 5.58. The number of benzene rings is 1. The van der Waals surface area contributed by atoms with Crippen LogP contribution in [0, 0.1) is 0 Å². The number of para-hydroxylation sites is 1. The van der Waals surface area contributed by atoms with Gasteiger partial charge >= 0.3 is 0 Å². The van der Waals surface area contributed by atoms with Crippen LogP contribution in [0.3, 0.4) is 0 Å². The fourth-order valence-electron chi connectivity index (χ4n) is 2.00. The lowest BCUT2D eigenvalue weighted by atomic mass is 10.2. The van der Waals surface area contributed by atoms with Gasteiger partial charge < -0.3 is 10.1 Å².